The standard InChI is InChI=1S/C82H108N18O20S2/c1-45(102)68-80(117)96-60(37-49-22-10-5-11-23-49)77(114)100-69(46(2)103)81(118)97-63(42-101)78(115)98-65(82(119)120)44-122-121-43-64(89-67(106)41-87-70(107)54(85)34-50-28-30-53(104)31-29-50)79(116)91-56(26-14-16-32-83)71(108)95-62(40-66(86)105)76(113)93-58(35-47-18-6-3-7-19-47)73(110)92-59(36-48-20-8-4-9-21-48)74(111)94-61(39-52-38-51-24-12-13-25-55(51)88-52)75(112)90-57(72(109)99-68)27-15-17-33-84/h3-13,18-25,28-31,38,45-46,54,56-65,68-69,88,101-104H,14-17,26-27,32-37,39-44,83-85H2,1-2H3,(H2,86,105)(H,87,107)(H,89,106)(H,90,112)(H,91,116)(H,92,110)(H,93,113)(H,94,111)(H,95,108)(H,96,117)(H,97,118)(H,98,115)(H,99,109)(H,100,114)(H,119,120). The number of para-hydroxylation sites is 1. The zero-order chi connectivity index (χ0) is 89.0. The quantitative estimate of drug-likeness (QED) is 0.0164. The summed E-state index contributed by atoms with van der Waals surface area (Å²) < 4.78 is 0. The number of primary amides is 1. The largest absolute Gasteiger partial charge is 0.508 e. The Bertz CT molecular complexity index is 4500. The van der Waals surface area contributed by atoms with E-state index in [0.717, 1.165) is 24.6 Å². The lowest BCUT2D eigenvalue weighted by molar-refractivity contribution is -0.142. The van der Waals surface area contributed by atoms with Gasteiger partial charge < -0.3 is 123 Å². The van der Waals surface area contributed by atoms with Crippen molar-refractivity contribution in [1.29, 1.82) is 0 Å². The highest BCUT2D eigenvalue weighted by atomic mass is 33.1. The van der Waals surface area contributed by atoms with Gasteiger partial charge in [0.15, 0.2) is 0 Å². The van der Waals surface area contributed by atoms with Crippen LogP contribution in [0.5, 0.6) is 5.75 Å². The molecule has 2 heterocycles. The first-order valence-electron chi connectivity index (χ1n) is 39.6. The van der Waals surface area contributed by atoms with Gasteiger partial charge in [-0.3, -0.25) is 67.1 Å². The van der Waals surface area contributed by atoms with Crippen LogP contribution in [0.15, 0.2) is 146 Å². The summed E-state index contributed by atoms with van der Waals surface area (Å²) in [6, 6.07) is 16.7. The number of hydrogen-bond donors (Lipinski definition) is 23. The van der Waals surface area contributed by atoms with Gasteiger partial charge in [-0.2, -0.15) is 0 Å². The molecular formula is C82H108N18O20S2. The number of carboxylic acids is 1. The van der Waals surface area contributed by atoms with Crippen LogP contribution in [-0.2, 0) is 104 Å². The minimum absolute atomic E-state index is 0.0363. The first kappa shape index (κ1) is 97.1. The normalized spacial score (nSPS) is 23.0. The number of H-pyrrole nitrogens is 1. The van der Waals surface area contributed by atoms with E-state index in [1.54, 1.807) is 121 Å². The molecule has 40 heteroatoms. The number of aromatic nitrogens is 1. The maximum Gasteiger partial charge on any atom is 0.327 e. The summed E-state index contributed by atoms with van der Waals surface area (Å²) in [6.45, 7) is 0.428. The van der Waals surface area contributed by atoms with Gasteiger partial charge in [-0.25, -0.2) is 4.79 Å². The predicted octanol–water partition coefficient (Wildman–Crippen LogP) is -3.99. The van der Waals surface area contributed by atoms with Gasteiger partial charge >= 0.3 is 5.97 Å². The molecule has 27 N–H and O–H groups in total. The van der Waals surface area contributed by atoms with E-state index in [1.807, 2.05) is 0 Å². The number of benzene rings is 5. The number of carbonyl (C=O) groups is 15. The van der Waals surface area contributed by atoms with Gasteiger partial charge in [0.05, 0.1) is 37.8 Å². The third kappa shape index (κ3) is 31.8. The molecule has 15 atom stereocenters. The molecule has 122 heavy (non-hydrogen) atoms. The second-order valence-electron chi connectivity index (χ2n) is 29.3. The van der Waals surface area contributed by atoms with E-state index in [9.17, 15) is 83.1 Å². The Labute approximate surface area is 710 Å². The topological polar surface area (TPSA) is 633 Å². The predicted molar refractivity (Wildman–Crippen MR) is 451 cm³/mol. The van der Waals surface area contributed by atoms with Gasteiger partial charge in [-0.15, -0.1) is 0 Å². The van der Waals surface area contributed by atoms with Crippen molar-refractivity contribution in [3.63, 3.8) is 0 Å². The van der Waals surface area contributed by atoms with Crippen LogP contribution >= 0.6 is 21.6 Å². The monoisotopic (exact) mass is 1730 g/mol. The number of carboxylic acid groups (broad SMARTS) is 1. The fraction of sp³-hybridized carbons (Fsp3) is 0.427. The van der Waals surface area contributed by atoms with Gasteiger partial charge in [-0.1, -0.05) is 143 Å². The molecular weight excluding hydrogens is 1620 g/mol. The molecule has 1 fully saturated rings. The number of phenolic OH excluding ortho intramolecular Hbond substituents is 1. The minimum Gasteiger partial charge on any atom is -0.508 e. The van der Waals surface area contributed by atoms with Crippen LogP contribution in [0.1, 0.15) is 86.7 Å². The van der Waals surface area contributed by atoms with Crippen LogP contribution in [0.4, 0.5) is 0 Å². The number of carbonyl (C=O) groups excluding carboxylic acids is 14. The summed E-state index contributed by atoms with van der Waals surface area (Å²) in [7, 11) is 1.46. The van der Waals surface area contributed by atoms with E-state index in [-0.39, 0.29) is 83.0 Å². The first-order chi connectivity index (χ1) is 58.3. The summed E-state index contributed by atoms with van der Waals surface area (Å²) in [5.41, 5.74) is 26.6. The molecule has 15 unspecified atom stereocenters. The fourth-order valence-corrected chi connectivity index (χ4v) is 15.2. The van der Waals surface area contributed by atoms with E-state index in [2.05, 4.69) is 74.1 Å². The van der Waals surface area contributed by atoms with Crippen molar-refractivity contribution in [2.75, 3.05) is 37.7 Å². The average molecular weight is 1730 g/mol. The number of aliphatic hydroxyl groups excluding tert-OH is 3. The number of aliphatic hydroxyl groups is 3. The second kappa shape index (κ2) is 49.6. The number of aromatic hydroxyl groups is 1. The van der Waals surface area contributed by atoms with Crippen LogP contribution in [0.2, 0.25) is 0 Å². The Balaban J connectivity index is 1.30. The van der Waals surface area contributed by atoms with E-state index < -0.39 is 210 Å². The number of fused-ring (bicyclic) bond motifs is 1. The Morgan fingerprint density at radius 1 is 0.467 bits per heavy atom. The molecule has 7 rings (SSSR count). The fourth-order valence-electron chi connectivity index (χ4n) is 12.8. The zero-order valence-corrected chi connectivity index (χ0v) is 68.9. The molecule has 0 bridgehead atoms. The van der Waals surface area contributed by atoms with Crippen molar-refractivity contribution >= 4 is 121 Å². The third-order valence-electron chi connectivity index (χ3n) is 19.5. The van der Waals surface area contributed by atoms with Crippen LogP contribution in [0.3, 0.4) is 0 Å². The molecule has 1 aliphatic heterocycles. The number of unbranched alkanes of at least 4 members (excludes halogenated alkanes) is 2. The summed E-state index contributed by atoms with van der Waals surface area (Å²) >= 11 is 0. The summed E-state index contributed by atoms with van der Waals surface area (Å²) in [6.07, 6.45) is -5.30. The van der Waals surface area contributed by atoms with Gasteiger partial charge in [0.2, 0.25) is 82.7 Å². The Morgan fingerprint density at radius 3 is 1.34 bits per heavy atom. The van der Waals surface area contributed by atoms with Crippen molar-refractivity contribution in [3.05, 3.63) is 174 Å². The summed E-state index contributed by atoms with van der Waals surface area (Å²) in [4.78, 5) is 219. The molecule has 6 aromatic rings. The van der Waals surface area contributed by atoms with Crippen LogP contribution in [0.25, 0.3) is 10.9 Å². The Kier molecular flexibility index (Phi) is 39.5. The number of nitrogens with one attached hydrogen (secondary N) is 14. The first-order valence-corrected chi connectivity index (χ1v) is 42.1. The molecule has 1 saturated heterocycles. The van der Waals surface area contributed by atoms with Crippen LogP contribution in [0, 0.1) is 0 Å². The molecule has 0 saturated carbocycles. The van der Waals surface area contributed by atoms with Crippen molar-refractivity contribution in [1.82, 2.24) is 74.1 Å². The molecule has 0 aliphatic carbocycles. The number of amides is 14. The average Bonchev–Trinajstić information content (AvgIpc) is 1.57. The van der Waals surface area contributed by atoms with E-state index in [0.29, 0.717) is 56.1 Å². The van der Waals surface area contributed by atoms with E-state index >= 15 is 14.4 Å². The lowest BCUT2D eigenvalue weighted by atomic mass is 10.0. The van der Waals surface area contributed by atoms with Gasteiger partial charge in [0, 0.05) is 48.4 Å². The molecule has 658 valence electrons. The smallest absolute Gasteiger partial charge is 0.327 e. The maximum absolute atomic E-state index is 15.4. The molecule has 5 aromatic carbocycles. The summed E-state index contributed by atoms with van der Waals surface area (Å²) in [5, 5.41) is 86.2. The number of hydrogen-bond acceptors (Lipinski definition) is 24. The van der Waals surface area contributed by atoms with E-state index in [1.165, 1.54) is 24.3 Å². The van der Waals surface area contributed by atoms with Crippen molar-refractivity contribution in [2.45, 2.75) is 182 Å². The number of nitrogens with two attached hydrogens (primary N) is 4. The second-order valence-corrected chi connectivity index (χ2v) is 31.9. The lowest BCUT2D eigenvalue weighted by Gasteiger charge is -2.29. The number of aliphatic carboxylic acids is 1. The summed E-state index contributed by atoms with van der Waals surface area (Å²) in [5.74, 6) is -18.1. The number of aromatic amines is 1. The van der Waals surface area contributed by atoms with Gasteiger partial charge in [0.1, 0.15) is 78.3 Å². The highest BCUT2D eigenvalue weighted by Gasteiger charge is 2.40. The Hall–Kier alpha value is -12.0. The molecule has 38 nitrogen and oxygen atoms in total. The zero-order valence-electron chi connectivity index (χ0n) is 67.2. The van der Waals surface area contributed by atoms with Crippen molar-refractivity contribution < 1.29 is 97.5 Å². The SMILES string of the molecule is CC(O)C1NC(=O)C(Cc2ccccc2)NC(=O)C(C(C)O)NC(=O)C(CCCCN)NC(=O)C(Cc2cc3ccccc3[nH]2)NC(=O)C(Cc2ccccc2)NC(=O)C(Cc2ccccc2)NC(=O)C(CC(N)=O)NC(=O)C(CCCCN)NC(=O)C(NC(=O)CNC(=O)C(N)Cc2ccc(O)cc2)CSSCC(C(=O)O)NC(=O)C(CO)NC1=O. The highest BCUT2D eigenvalue weighted by Crippen LogP contribution is 2.25. The Morgan fingerprint density at radius 2 is 0.869 bits per heavy atom. The minimum atomic E-state index is -2.00. The van der Waals surface area contributed by atoms with Crippen LogP contribution in [-0.4, -0.2) is 248 Å². The van der Waals surface area contributed by atoms with Gasteiger partial charge in [0.25, 0.3) is 0 Å². The number of phenols is 1. The molecule has 1 aromatic heterocycles. The van der Waals surface area contributed by atoms with Crippen molar-refractivity contribution in [3.8, 4) is 5.75 Å². The molecule has 1 aliphatic rings. The molecule has 0 radical (unpaired) electrons. The van der Waals surface area contributed by atoms with Crippen LogP contribution < -0.4 is 92.1 Å². The molecule has 0 spiro atoms. The molecule has 14 amide bonds. The lowest BCUT2D eigenvalue weighted by Crippen LogP contribution is -2.63. The maximum atomic E-state index is 15.4. The van der Waals surface area contributed by atoms with Crippen molar-refractivity contribution in [2.24, 2.45) is 22.9 Å². The highest BCUT2D eigenvalue weighted by molar-refractivity contribution is 8.76. The number of rotatable bonds is 28. The third-order valence-corrected chi connectivity index (χ3v) is 21.9. The van der Waals surface area contributed by atoms with Gasteiger partial charge in [-0.05, 0) is 124 Å². The van der Waals surface area contributed by atoms with E-state index in [4.69, 9.17) is 22.9 Å².